The van der Waals surface area contributed by atoms with E-state index >= 15 is 0 Å². The van der Waals surface area contributed by atoms with Crippen LogP contribution in [-0.2, 0) is 4.79 Å². The lowest BCUT2D eigenvalue weighted by molar-refractivity contribution is -0.121. The van der Waals surface area contributed by atoms with Gasteiger partial charge in [0.1, 0.15) is 0 Å². The highest BCUT2D eigenvalue weighted by Gasteiger charge is 2.31. The van der Waals surface area contributed by atoms with Crippen LogP contribution < -0.4 is 10.6 Å². The van der Waals surface area contributed by atoms with Gasteiger partial charge in [0.15, 0.2) is 0 Å². The summed E-state index contributed by atoms with van der Waals surface area (Å²) in [7, 11) is 0. The molecule has 0 aromatic heterocycles. The molecule has 2 unspecified atom stereocenters. The summed E-state index contributed by atoms with van der Waals surface area (Å²) < 4.78 is 0. The number of hydrogen-bond acceptors (Lipinski definition) is 3. The Balaban J connectivity index is 1.81. The zero-order chi connectivity index (χ0) is 12.8. The zero-order valence-electron chi connectivity index (χ0n) is 11.6. The molecule has 0 saturated carbocycles. The molecule has 2 atom stereocenters. The van der Waals surface area contributed by atoms with Crippen molar-refractivity contribution in [1.29, 1.82) is 0 Å². The highest BCUT2D eigenvalue weighted by molar-refractivity contribution is 5.75. The monoisotopic (exact) mass is 253 g/mol. The predicted molar refractivity (Wildman–Crippen MR) is 73.5 cm³/mol. The van der Waals surface area contributed by atoms with Gasteiger partial charge in [-0.2, -0.15) is 0 Å². The molecule has 2 saturated heterocycles. The van der Waals surface area contributed by atoms with Crippen molar-refractivity contribution in [2.45, 2.75) is 57.5 Å². The molecule has 2 aliphatic heterocycles. The quantitative estimate of drug-likeness (QED) is 0.772. The van der Waals surface area contributed by atoms with Crippen LogP contribution in [0.15, 0.2) is 0 Å². The second-order valence-electron chi connectivity index (χ2n) is 5.51. The van der Waals surface area contributed by atoms with E-state index in [1.165, 1.54) is 45.2 Å². The van der Waals surface area contributed by atoms with Gasteiger partial charge in [-0.25, -0.2) is 0 Å². The van der Waals surface area contributed by atoms with Gasteiger partial charge in [-0.1, -0.05) is 6.42 Å². The number of nitrogens with zero attached hydrogens (tertiary/aromatic N) is 1. The summed E-state index contributed by atoms with van der Waals surface area (Å²) >= 11 is 0. The molecular formula is C14H27N3O. The van der Waals surface area contributed by atoms with Crippen LogP contribution in [0.25, 0.3) is 0 Å². The Bertz CT molecular complexity index is 264. The summed E-state index contributed by atoms with van der Waals surface area (Å²) in [6.07, 6.45) is 7.21. The molecule has 2 aliphatic rings. The predicted octanol–water partition coefficient (Wildman–Crippen LogP) is 1.12. The molecule has 104 valence electrons. The highest BCUT2D eigenvalue weighted by Crippen LogP contribution is 2.24. The number of rotatable bonds is 5. The van der Waals surface area contributed by atoms with Gasteiger partial charge in [0.25, 0.3) is 0 Å². The van der Waals surface area contributed by atoms with Crippen molar-refractivity contribution in [3.8, 4) is 0 Å². The van der Waals surface area contributed by atoms with E-state index in [1.54, 1.807) is 0 Å². The second kappa shape index (κ2) is 7.10. The first kappa shape index (κ1) is 13.8. The minimum absolute atomic E-state index is 0.196. The number of nitrogens with one attached hydrogen (secondary N) is 2. The van der Waals surface area contributed by atoms with Gasteiger partial charge in [-0.05, 0) is 45.7 Å². The number of likely N-dealkylation sites (tertiary alicyclic amines) is 1. The van der Waals surface area contributed by atoms with E-state index in [4.69, 9.17) is 0 Å². The van der Waals surface area contributed by atoms with Crippen molar-refractivity contribution >= 4 is 5.91 Å². The van der Waals surface area contributed by atoms with Crippen LogP contribution in [0.2, 0.25) is 0 Å². The van der Waals surface area contributed by atoms with Gasteiger partial charge >= 0.3 is 0 Å². The third-order valence-corrected chi connectivity index (χ3v) is 4.23. The summed E-state index contributed by atoms with van der Waals surface area (Å²) in [5, 5.41) is 6.52. The Hall–Kier alpha value is -0.610. The van der Waals surface area contributed by atoms with Gasteiger partial charge in [-0.15, -0.1) is 0 Å². The van der Waals surface area contributed by atoms with Crippen LogP contribution in [-0.4, -0.2) is 49.1 Å². The third kappa shape index (κ3) is 3.69. The molecule has 0 aliphatic carbocycles. The fourth-order valence-electron chi connectivity index (χ4n) is 3.32. The number of carbonyl (C=O) groups is 1. The first-order valence-corrected chi connectivity index (χ1v) is 7.55. The number of carbonyl (C=O) groups excluding carboxylic acids is 1. The summed E-state index contributed by atoms with van der Waals surface area (Å²) in [5.41, 5.74) is 0. The highest BCUT2D eigenvalue weighted by atomic mass is 16.1. The smallest absolute Gasteiger partial charge is 0.221 e. The van der Waals surface area contributed by atoms with Gasteiger partial charge in [-0.3, -0.25) is 9.69 Å². The molecule has 2 heterocycles. The summed E-state index contributed by atoms with van der Waals surface area (Å²) in [6, 6.07) is 1.33. The molecule has 0 aromatic carbocycles. The lowest BCUT2D eigenvalue weighted by atomic mass is 9.94. The molecule has 4 heteroatoms. The second-order valence-corrected chi connectivity index (χ2v) is 5.51. The molecule has 2 rings (SSSR count). The first-order chi connectivity index (χ1) is 8.81. The van der Waals surface area contributed by atoms with E-state index in [0.29, 0.717) is 18.5 Å². The van der Waals surface area contributed by atoms with E-state index in [-0.39, 0.29) is 5.91 Å². The van der Waals surface area contributed by atoms with Crippen LogP contribution in [0.1, 0.15) is 45.4 Å². The molecular weight excluding hydrogens is 226 g/mol. The maximum absolute atomic E-state index is 11.6. The zero-order valence-corrected chi connectivity index (χ0v) is 11.6. The Labute approximate surface area is 110 Å². The fraction of sp³-hybridized carbons (Fsp3) is 0.929. The molecule has 2 fully saturated rings. The molecule has 2 N–H and O–H groups in total. The fourth-order valence-corrected chi connectivity index (χ4v) is 3.32. The van der Waals surface area contributed by atoms with Crippen LogP contribution in [0.4, 0.5) is 0 Å². The minimum atomic E-state index is 0.196. The van der Waals surface area contributed by atoms with E-state index in [2.05, 4.69) is 15.5 Å². The molecule has 0 aromatic rings. The molecule has 0 bridgehead atoms. The Morgan fingerprint density at radius 2 is 2.22 bits per heavy atom. The van der Waals surface area contributed by atoms with Crippen LogP contribution in [0, 0.1) is 0 Å². The molecule has 1 amide bonds. The van der Waals surface area contributed by atoms with E-state index in [0.717, 1.165) is 13.1 Å². The summed E-state index contributed by atoms with van der Waals surface area (Å²) in [5.74, 6) is 0.196. The third-order valence-electron chi connectivity index (χ3n) is 4.23. The lowest BCUT2D eigenvalue weighted by Crippen LogP contribution is -2.50. The number of piperidine rings is 1. The van der Waals surface area contributed by atoms with Crippen molar-refractivity contribution in [2.75, 3.05) is 26.2 Å². The average molecular weight is 253 g/mol. The van der Waals surface area contributed by atoms with E-state index in [1.807, 2.05) is 6.92 Å². The van der Waals surface area contributed by atoms with Gasteiger partial charge in [0, 0.05) is 31.6 Å². The largest absolute Gasteiger partial charge is 0.356 e. The number of hydrogen-bond donors (Lipinski definition) is 2. The van der Waals surface area contributed by atoms with Crippen molar-refractivity contribution in [1.82, 2.24) is 15.5 Å². The maximum Gasteiger partial charge on any atom is 0.221 e. The van der Waals surface area contributed by atoms with Crippen molar-refractivity contribution in [3.05, 3.63) is 0 Å². The Kier molecular flexibility index (Phi) is 5.45. The first-order valence-electron chi connectivity index (χ1n) is 7.55. The Morgan fingerprint density at radius 1 is 1.33 bits per heavy atom. The number of amides is 1. The summed E-state index contributed by atoms with van der Waals surface area (Å²) in [6.45, 7) is 5.98. The van der Waals surface area contributed by atoms with E-state index < -0.39 is 0 Å². The minimum Gasteiger partial charge on any atom is -0.356 e. The maximum atomic E-state index is 11.6. The van der Waals surface area contributed by atoms with Gasteiger partial charge < -0.3 is 10.6 Å². The van der Waals surface area contributed by atoms with Gasteiger partial charge in [0.05, 0.1) is 0 Å². The SMILES string of the molecule is CCNC(=O)CCN1CCCCC1C1CCCN1. The van der Waals surface area contributed by atoms with Crippen molar-refractivity contribution < 1.29 is 4.79 Å². The standard InChI is InChI=1S/C14H27N3O/c1-2-15-14(18)8-11-17-10-4-3-7-13(17)12-6-5-9-16-12/h12-13,16H,2-11H2,1H3,(H,15,18). The van der Waals surface area contributed by atoms with Crippen molar-refractivity contribution in [3.63, 3.8) is 0 Å². The van der Waals surface area contributed by atoms with Crippen molar-refractivity contribution in [2.24, 2.45) is 0 Å². The van der Waals surface area contributed by atoms with E-state index in [9.17, 15) is 4.79 Å². The van der Waals surface area contributed by atoms with Crippen LogP contribution >= 0.6 is 0 Å². The van der Waals surface area contributed by atoms with Gasteiger partial charge in [0.2, 0.25) is 5.91 Å². The topological polar surface area (TPSA) is 44.4 Å². The van der Waals surface area contributed by atoms with Crippen LogP contribution in [0.3, 0.4) is 0 Å². The molecule has 18 heavy (non-hydrogen) atoms. The van der Waals surface area contributed by atoms with Crippen LogP contribution in [0.5, 0.6) is 0 Å². The molecule has 4 nitrogen and oxygen atoms in total. The molecule has 0 spiro atoms. The molecule has 0 radical (unpaired) electrons. The Morgan fingerprint density at radius 3 is 2.94 bits per heavy atom. The average Bonchev–Trinajstić information content (AvgIpc) is 2.91. The lowest BCUT2D eigenvalue weighted by Gasteiger charge is -2.39. The summed E-state index contributed by atoms with van der Waals surface area (Å²) in [4.78, 5) is 14.1. The normalized spacial score (nSPS) is 29.4.